The molecule has 2 aromatic heterocycles. The van der Waals surface area contributed by atoms with Crippen LogP contribution in [0.25, 0.3) is 0 Å². The molecule has 0 bridgehead atoms. The molecule has 4 heterocycles. The Labute approximate surface area is 151 Å². The number of anilines is 1. The maximum atomic E-state index is 12.7. The predicted octanol–water partition coefficient (Wildman–Crippen LogP) is 1.81. The van der Waals surface area contributed by atoms with Crippen LogP contribution in [0.15, 0.2) is 17.5 Å². The molecule has 1 saturated heterocycles. The number of carbonyl (C=O) groups excluding carboxylic acids is 1. The quantitative estimate of drug-likeness (QED) is 0.838. The van der Waals surface area contributed by atoms with E-state index >= 15 is 0 Å². The smallest absolute Gasteiger partial charge is 0.228 e. The Morgan fingerprint density at radius 3 is 2.88 bits per heavy atom. The van der Waals surface area contributed by atoms with Gasteiger partial charge in [-0.3, -0.25) is 4.79 Å². The van der Waals surface area contributed by atoms with Crippen LogP contribution in [0, 0.1) is 6.92 Å². The monoisotopic (exact) mass is 358 g/mol. The van der Waals surface area contributed by atoms with Crippen molar-refractivity contribution in [3.05, 3.63) is 39.5 Å². The van der Waals surface area contributed by atoms with Crippen LogP contribution in [0.1, 0.15) is 22.0 Å². The van der Waals surface area contributed by atoms with Crippen LogP contribution >= 0.6 is 11.3 Å². The molecular formula is C18H22N4O2S. The molecule has 132 valence electrons. The molecule has 0 aliphatic carbocycles. The van der Waals surface area contributed by atoms with Crippen molar-refractivity contribution in [1.29, 1.82) is 0 Å². The molecule has 1 amide bonds. The van der Waals surface area contributed by atoms with Gasteiger partial charge in [-0.15, -0.1) is 11.3 Å². The lowest BCUT2D eigenvalue weighted by molar-refractivity contribution is -0.131. The number of aromatic nitrogens is 2. The molecule has 0 aromatic carbocycles. The lowest BCUT2D eigenvalue weighted by Gasteiger charge is -2.34. The maximum Gasteiger partial charge on any atom is 0.228 e. The highest BCUT2D eigenvalue weighted by Crippen LogP contribution is 2.28. The van der Waals surface area contributed by atoms with Crippen molar-refractivity contribution in [2.45, 2.75) is 26.3 Å². The number of ether oxygens (including phenoxy) is 1. The van der Waals surface area contributed by atoms with E-state index in [1.165, 1.54) is 0 Å². The number of nitrogens with zero attached hydrogens (tertiary/aromatic N) is 4. The average molecular weight is 358 g/mol. The normalized spacial score (nSPS) is 17.5. The van der Waals surface area contributed by atoms with E-state index in [2.05, 4.69) is 9.88 Å². The van der Waals surface area contributed by atoms with Crippen LogP contribution in [-0.2, 0) is 28.9 Å². The standard InChI is InChI=1S/C18H22N4O2S/c1-13-19-16-4-5-22(17(23)11-14-3-2-10-25-14)12-15(16)18(20-13)21-6-8-24-9-7-21/h2-3,10H,4-9,11-12H2,1H3. The largest absolute Gasteiger partial charge is 0.378 e. The second-order valence-corrected chi connectivity index (χ2v) is 7.47. The fraction of sp³-hybridized carbons (Fsp3) is 0.500. The number of morpholine rings is 1. The van der Waals surface area contributed by atoms with E-state index < -0.39 is 0 Å². The Balaban J connectivity index is 1.57. The average Bonchev–Trinajstić information content (AvgIpc) is 3.14. The Kier molecular flexibility index (Phi) is 4.67. The summed E-state index contributed by atoms with van der Waals surface area (Å²) in [6.45, 7) is 6.40. The number of carbonyl (C=O) groups is 1. The lowest BCUT2D eigenvalue weighted by Crippen LogP contribution is -2.41. The fourth-order valence-electron chi connectivity index (χ4n) is 3.44. The van der Waals surface area contributed by atoms with Gasteiger partial charge in [0, 0.05) is 36.5 Å². The van der Waals surface area contributed by atoms with Crippen LogP contribution in [0.5, 0.6) is 0 Å². The SMILES string of the molecule is Cc1nc2c(c(N3CCOCC3)n1)CN(C(=O)Cc1cccs1)CC2. The molecule has 7 heteroatoms. The van der Waals surface area contributed by atoms with E-state index in [1.807, 2.05) is 29.3 Å². The van der Waals surface area contributed by atoms with Crippen LogP contribution in [-0.4, -0.2) is 53.6 Å². The molecule has 0 unspecified atom stereocenters. The molecule has 25 heavy (non-hydrogen) atoms. The van der Waals surface area contributed by atoms with Crippen molar-refractivity contribution < 1.29 is 9.53 Å². The van der Waals surface area contributed by atoms with Gasteiger partial charge < -0.3 is 14.5 Å². The van der Waals surface area contributed by atoms with Crippen molar-refractivity contribution >= 4 is 23.1 Å². The minimum Gasteiger partial charge on any atom is -0.378 e. The van der Waals surface area contributed by atoms with Crippen molar-refractivity contribution in [1.82, 2.24) is 14.9 Å². The summed E-state index contributed by atoms with van der Waals surface area (Å²) in [5, 5.41) is 2.02. The van der Waals surface area contributed by atoms with Crippen molar-refractivity contribution in [3.8, 4) is 0 Å². The third kappa shape index (κ3) is 3.52. The maximum absolute atomic E-state index is 12.7. The van der Waals surface area contributed by atoms with Crippen LogP contribution in [0.2, 0.25) is 0 Å². The molecule has 0 radical (unpaired) electrons. The first-order chi connectivity index (χ1) is 12.2. The number of fused-ring (bicyclic) bond motifs is 1. The number of aryl methyl sites for hydroxylation is 1. The molecule has 0 saturated carbocycles. The molecule has 0 atom stereocenters. The van der Waals surface area contributed by atoms with Gasteiger partial charge >= 0.3 is 0 Å². The van der Waals surface area contributed by atoms with Crippen molar-refractivity contribution in [2.24, 2.45) is 0 Å². The third-order valence-electron chi connectivity index (χ3n) is 4.72. The van der Waals surface area contributed by atoms with Crippen molar-refractivity contribution in [3.63, 3.8) is 0 Å². The van der Waals surface area contributed by atoms with Gasteiger partial charge in [-0.25, -0.2) is 9.97 Å². The number of hydrogen-bond donors (Lipinski definition) is 0. The van der Waals surface area contributed by atoms with Gasteiger partial charge in [-0.05, 0) is 18.4 Å². The summed E-state index contributed by atoms with van der Waals surface area (Å²) in [5.41, 5.74) is 2.20. The van der Waals surface area contributed by atoms with E-state index in [4.69, 9.17) is 9.72 Å². The zero-order chi connectivity index (χ0) is 17.2. The molecular weight excluding hydrogens is 336 g/mol. The van der Waals surface area contributed by atoms with Gasteiger partial charge in [-0.1, -0.05) is 6.07 Å². The van der Waals surface area contributed by atoms with Gasteiger partial charge in [0.25, 0.3) is 0 Å². The highest BCUT2D eigenvalue weighted by atomic mass is 32.1. The first-order valence-electron chi connectivity index (χ1n) is 8.70. The van der Waals surface area contributed by atoms with Crippen LogP contribution in [0.4, 0.5) is 5.82 Å². The molecule has 4 rings (SSSR count). The number of amides is 1. The summed E-state index contributed by atoms with van der Waals surface area (Å²) in [6, 6.07) is 4.01. The molecule has 1 fully saturated rings. The number of hydrogen-bond acceptors (Lipinski definition) is 6. The number of rotatable bonds is 3. The van der Waals surface area contributed by atoms with Gasteiger partial charge in [0.2, 0.25) is 5.91 Å². The summed E-state index contributed by atoms with van der Waals surface area (Å²) in [4.78, 5) is 27.4. The molecule has 0 N–H and O–H groups in total. The Morgan fingerprint density at radius 1 is 1.28 bits per heavy atom. The van der Waals surface area contributed by atoms with E-state index in [0.717, 1.165) is 67.0 Å². The minimum atomic E-state index is 0.182. The van der Waals surface area contributed by atoms with E-state index in [9.17, 15) is 4.79 Å². The van der Waals surface area contributed by atoms with E-state index in [-0.39, 0.29) is 5.91 Å². The second-order valence-electron chi connectivity index (χ2n) is 6.44. The summed E-state index contributed by atoms with van der Waals surface area (Å²) in [5.74, 6) is 1.97. The molecule has 0 spiro atoms. The molecule has 2 aliphatic rings. The fourth-order valence-corrected chi connectivity index (χ4v) is 4.14. The van der Waals surface area contributed by atoms with Crippen LogP contribution < -0.4 is 4.90 Å². The molecule has 2 aliphatic heterocycles. The summed E-state index contributed by atoms with van der Waals surface area (Å²) >= 11 is 1.63. The Bertz CT molecular complexity index is 757. The van der Waals surface area contributed by atoms with Gasteiger partial charge in [0.05, 0.1) is 31.9 Å². The van der Waals surface area contributed by atoms with Gasteiger partial charge in [0.15, 0.2) is 0 Å². The summed E-state index contributed by atoms with van der Waals surface area (Å²) in [6.07, 6.45) is 1.28. The Hall–Kier alpha value is -1.99. The summed E-state index contributed by atoms with van der Waals surface area (Å²) < 4.78 is 5.47. The lowest BCUT2D eigenvalue weighted by atomic mass is 10.0. The molecule has 6 nitrogen and oxygen atoms in total. The Morgan fingerprint density at radius 2 is 2.12 bits per heavy atom. The summed E-state index contributed by atoms with van der Waals surface area (Å²) in [7, 11) is 0. The second kappa shape index (κ2) is 7.09. The zero-order valence-electron chi connectivity index (χ0n) is 14.4. The van der Waals surface area contributed by atoms with E-state index in [0.29, 0.717) is 13.0 Å². The third-order valence-corrected chi connectivity index (χ3v) is 5.60. The van der Waals surface area contributed by atoms with Gasteiger partial charge in [0.1, 0.15) is 11.6 Å². The van der Waals surface area contributed by atoms with Gasteiger partial charge in [-0.2, -0.15) is 0 Å². The van der Waals surface area contributed by atoms with Crippen molar-refractivity contribution in [2.75, 3.05) is 37.7 Å². The van der Waals surface area contributed by atoms with Crippen LogP contribution in [0.3, 0.4) is 0 Å². The highest BCUT2D eigenvalue weighted by Gasteiger charge is 2.27. The minimum absolute atomic E-state index is 0.182. The first kappa shape index (κ1) is 16.5. The predicted molar refractivity (Wildman–Crippen MR) is 96.9 cm³/mol. The molecule has 2 aromatic rings. The zero-order valence-corrected chi connectivity index (χ0v) is 15.2. The highest BCUT2D eigenvalue weighted by molar-refractivity contribution is 7.10. The number of thiophene rings is 1. The first-order valence-corrected chi connectivity index (χ1v) is 9.58. The van der Waals surface area contributed by atoms with E-state index in [1.54, 1.807) is 11.3 Å². The topological polar surface area (TPSA) is 58.6 Å².